The van der Waals surface area contributed by atoms with Crippen molar-refractivity contribution in [2.45, 2.75) is 17.5 Å². The van der Waals surface area contributed by atoms with Crippen LogP contribution in [-0.4, -0.2) is 32.7 Å². The zero-order valence-electron chi connectivity index (χ0n) is 16.9. The van der Waals surface area contributed by atoms with E-state index in [0.717, 1.165) is 22.9 Å². The van der Waals surface area contributed by atoms with Crippen LogP contribution in [0.15, 0.2) is 65.6 Å². The van der Waals surface area contributed by atoms with E-state index in [1.807, 2.05) is 12.1 Å². The number of amides is 1. The minimum atomic E-state index is -4.63. The number of sulfone groups is 1. The quantitative estimate of drug-likeness (QED) is 0.469. The summed E-state index contributed by atoms with van der Waals surface area (Å²) in [7, 11) is -3.78. The summed E-state index contributed by atoms with van der Waals surface area (Å²) in [4.78, 5) is 23.9. The van der Waals surface area contributed by atoms with E-state index in [0.29, 0.717) is 6.07 Å². The molecule has 0 radical (unpaired) electrons. The molecule has 1 amide bonds. The van der Waals surface area contributed by atoms with Crippen molar-refractivity contribution >= 4 is 49.8 Å². The molecule has 3 aromatic carbocycles. The van der Waals surface area contributed by atoms with Crippen molar-refractivity contribution in [2.24, 2.45) is 0 Å². The molecule has 0 bridgehead atoms. The summed E-state index contributed by atoms with van der Waals surface area (Å²) in [5.74, 6) is -2.42. The van der Waals surface area contributed by atoms with Crippen molar-refractivity contribution in [2.75, 3.05) is 17.7 Å². The van der Waals surface area contributed by atoms with Crippen molar-refractivity contribution < 1.29 is 35.9 Å². The standard InChI is InChI=1S/C22H17ClF3NO5S/c23-18-8-6-16(22(24,25)26)12-19(18)27-20(28)13-32-21(29)9-10-33(30,31)17-7-5-14-3-1-2-4-15(14)11-17/h1-8,11-12H,9-10,13H2,(H,27,28). The Kier molecular flexibility index (Phi) is 7.28. The number of hydrogen-bond donors (Lipinski definition) is 1. The molecule has 174 valence electrons. The minimum Gasteiger partial charge on any atom is -0.456 e. The molecule has 0 aliphatic rings. The van der Waals surface area contributed by atoms with Crippen LogP contribution in [0.3, 0.4) is 0 Å². The number of nitrogens with one attached hydrogen (secondary N) is 1. The SMILES string of the molecule is O=C(COC(=O)CCS(=O)(=O)c1ccc2ccccc2c1)Nc1cc(C(F)(F)F)ccc1Cl. The molecule has 0 saturated heterocycles. The fraction of sp³-hybridized carbons (Fsp3) is 0.182. The van der Waals surface area contributed by atoms with Gasteiger partial charge in [0.2, 0.25) is 0 Å². The summed E-state index contributed by atoms with van der Waals surface area (Å²) in [5.41, 5.74) is -1.32. The summed E-state index contributed by atoms with van der Waals surface area (Å²) in [6.07, 6.45) is -5.14. The number of esters is 1. The minimum absolute atomic E-state index is 0.0472. The maximum absolute atomic E-state index is 12.8. The summed E-state index contributed by atoms with van der Waals surface area (Å²) < 4.78 is 68.2. The van der Waals surface area contributed by atoms with Crippen molar-refractivity contribution in [1.82, 2.24) is 0 Å². The van der Waals surface area contributed by atoms with Crippen LogP contribution in [0.25, 0.3) is 10.8 Å². The molecule has 3 aromatic rings. The summed E-state index contributed by atoms with van der Waals surface area (Å²) in [5, 5.41) is 3.58. The number of benzene rings is 3. The molecule has 0 aliphatic carbocycles. The first-order chi connectivity index (χ1) is 15.5. The Morgan fingerprint density at radius 2 is 1.67 bits per heavy atom. The van der Waals surface area contributed by atoms with E-state index in [4.69, 9.17) is 16.3 Å². The zero-order chi connectivity index (χ0) is 24.2. The predicted molar refractivity (Wildman–Crippen MR) is 117 cm³/mol. The summed E-state index contributed by atoms with van der Waals surface area (Å²) in [6, 6.07) is 14.2. The molecule has 0 aliphatic heterocycles. The molecule has 0 atom stereocenters. The van der Waals surface area contributed by atoms with Gasteiger partial charge in [-0.25, -0.2) is 8.42 Å². The predicted octanol–water partition coefficient (Wildman–Crippen LogP) is 4.86. The molecule has 0 heterocycles. The molecular formula is C22H17ClF3NO5S. The molecule has 3 rings (SSSR count). The molecule has 0 saturated carbocycles. The maximum atomic E-state index is 12.8. The molecular weight excluding hydrogens is 483 g/mol. The zero-order valence-corrected chi connectivity index (χ0v) is 18.4. The van der Waals surface area contributed by atoms with Gasteiger partial charge in [-0.15, -0.1) is 0 Å². The molecule has 0 fully saturated rings. The first-order valence-electron chi connectivity index (χ1n) is 9.49. The van der Waals surface area contributed by atoms with Crippen molar-refractivity contribution in [3.8, 4) is 0 Å². The molecule has 11 heteroatoms. The van der Waals surface area contributed by atoms with Crippen molar-refractivity contribution in [1.29, 1.82) is 0 Å². The Bertz CT molecular complexity index is 1310. The number of rotatable bonds is 7. The highest BCUT2D eigenvalue weighted by Gasteiger charge is 2.31. The largest absolute Gasteiger partial charge is 0.456 e. The highest BCUT2D eigenvalue weighted by molar-refractivity contribution is 7.91. The van der Waals surface area contributed by atoms with Crippen LogP contribution < -0.4 is 5.32 Å². The van der Waals surface area contributed by atoms with Crippen LogP contribution in [-0.2, 0) is 30.3 Å². The Morgan fingerprint density at radius 1 is 0.970 bits per heavy atom. The van der Waals surface area contributed by atoms with Gasteiger partial charge in [-0.3, -0.25) is 9.59 Å². The van der Waals surface area contributed by atoms with E-state index >= 15 is 0 Å². The first kappa shape index (κ1) is 24.5. The lowest BCUT2D eigenvalue weighted by molar-refractivity contribution is -0.146. The monoisotopic (exact) mass is 499 g/mol. The van der Waals surface area contributed by atoms with Crippen LogP contribution in [0.1, 0.15) is 12.0 Å². The number of ether oxygens (including phenoxy) is 1. The van der Waals surface area contributed by atoms with Crippen molar-refractivity contribution in [3.05, 3.63) is 71.2 Å². The van der Waals surface area contributed by atoms with Gasteiger partial charge in [-0.1, -0.05) is 41.9 Å². The van der Waals surface area contributed by atoms with Gasteiger partial charge in [0.05, 0.1) is 33.3 Å². The molecule has 0 spiro atoms. The number of anilines is 1. The third-order valence-corrected chi connectivity index (χ3v) is 6.63. The first-order valence-corrected chi connectivity index (χ1v) is 11.5. The second-order valence-corrected chi connectivity index (χ2v) is 9.50. The third kappa shape index (κ3) is 6.45. The lowest BCUT2D eigenvalue weighted by Crippen LogP contribution is -2.22. The fourth-order valence-corrected chi connectivity index (χ4v) is 4.32. The van der Waals surface area contributed by atoms with Gasteiger partial charge in [-0.05, 0) is 41.1 Å². The van der Waals surface area contributed by atoms with Crippen molar-refractivity contribution in [3.63, 3.8) is 0 Å². The average molecular weight is 500 g/mol. The van der Waals surface area contributed by atoms with E-state index < -0.39 is 52.2 Å². The van der Waals surface area contributed by atoms with E-state index in [1.165, 1.54) is 12.1 Å². The highest BCUT2D eigenvalue weighted by Crippen LogP contribution is 2.33. The Morgan fingerprint density at radius 3 is 2.36 bits per heavy atom. The number of halogens is 4. The van der Waals surface area contributed by atoms with Gasteiger partial charge in [0, 0.05) is 0 Å². The Balaban J connectivity index is 1.54. The maximum Gasteiger partial charge on any atom is 0.416 e. The van der Waals surface area contributed by atoms with Gasteiger partial charge in [0.15, 0.2) is 16.4 Å². The number of hydrogen-bond acceptors (Lipinski definition) is 5. The molecule has 6 nitrogen and oxygen atoms in total. The Labute approximate surface area is 192 Å². The van der Waals surface area contributed by atoms with Crippen LogP contribution in [0, 0.1) is 0 Å². The van der Waals surface area contributed by atoms with Gasteiger partial charge in [0.1, 0.15) is 0 Å². The number of alkyl halides is 3. The second-order valence-electron chi connectivity index (χ2n) is 6.98. The molecule has 0 unspecified atom stereocenters. The van der Waals surface area contributed by atoms with E-state index in [2.05, 4.69) is 5.32 Å². The molecule has 1 N–H and O–H groups in total. The number of carbonyl (C=O) groups is 2. The van der Waals surface area contributed by atoms with Gasteiger partial charge in [-0.2, -0.15) is 13.2 Å². The van der Waals surface area contributed by atoms with Crippen LogP contribution in [0.4, 0.5) is 18.9 Å². The van der Waals surface area contributed by atoms with Crippen LogP contribution >= 0.6 is 11.6 Å². The molecule has 0 aromatic heterocycles. The molecule has 33 heavy (non-hydrogen) atoms. The summed E-state index contributed by atoms with van der Waals surface area (Å²) >= 11 is 5.79. The van der Waals surface area contributed by atoms with E-state index in [-0.39, 0.29) is 15.6 Å². The highest BCUT2D eigenvalue weighted by atomic mass is 35.5. The third-order valence-electron chi connectivity index (χ3n) is 4.59. The fourth-order valence-electron chi connectivity index (χ4n) is 2.90. The summed E-state index contributed by atoms with van der Waals surface area (Å²) in [6.45, 7) is -0.818. The topological polar surface area (TPSA) is 89.5 Å². The number of carbonyl (C=O) groups excluding carboxylic acids is 2. The van der Waals surface area contributed by atoms with Gasteiger partial charge in [0.25, 0.3) is 5.91 Å². The van der Waals surface area contributed by atoms with Crippen LogP contribution in [0.2, 0.25) is 5.02 Å². The smallest absolute Gasteiger partial charge is 0.416 e. The van der Waals surface area contributed by atoms with E-state index in [9.17, 15) is 31.2 Å². The van der Waals surface area contributed by atoms with Gasteiger partial charge >= 0.3 is 12.1 Å². The van der Waals surface area contributed by atoms with E-state index in [1.54, 1.807) is 18.2 Å². The average Bonchev–Trinajstić information content (AvgIpc) is 2.76. The van der Waals surface area contributed by atoms with Gasteiger partial charge < -0.3 is 10.1 Å². The number of fused-ring (bicyclic) bond motifs is 1. The normalized spacial score (nSPS) is 11.9. The lowest BCUT2D eigenvalue weighted by atomic mass is 10.1. The Hall–Kier alpha value is -3.11. The second kappa shape index (κ2) is 9.80. The van der Waals surface area contributed by atoms with Crippen LogP contribution in [0.5, 0.6) is 0 Å². The lowest BCUT2D eigenvalue weighted by Gasteiger charge is -2.12.